The van der Waals surface area contributed by atoms with Crippen molar-refractivity contribution in [2.45, 2.75) is 38.2 Å². The third-order valence-corrected chi connectivity index (χ3v) is 6.99. The molecule has 9 heteroatoms. The van der Waals surface area contributed by atoms with E-state index < -0.39 is 0 Å². The normalized spacial score (nSPS) is 18.9. The number of anilines is 1. The number of ether oxygens (including phenoxy) is 1. The summed E-state index contributed by atoms with van der Waals surface area (Å²) in [7, 11) is 0. The number of hydrogen-bond acceptors (Lipinski definition) is 7. The molecule has 4 rings (SSSR count). The molecule has 2 aromatic rings. The second kappa shape index (κ2) is 10.0. The molecular weight excluding hydrogens is 430 g/mol. The fraction of sp³-hybridized carbons (Fsp3) is 0.435. The van der Waals surface area contributed by atoms with Gasteiger partial charge in [0.15, 0.2) is 0 Å². The molecule has 8 nitrogen and oxygen atoms in total. The third-order valence-electron chi connectivity index (χ3n) is 5.82. The topological polar surface area (TPSA) is 116 Å². The van der Waals surface area contributed by atoms with E-state index in [1.807, 2.05) is 0 Å². The number of nitrogens with one attached hydrogen (secondary N) is 1. The van der Waals surface area contributed by atoms with Crippen LogP contribution >= 0.6 is 11.3 Å². The van der Waals surface area contributed by atoms with E-state index in [2.05, 4.69) is 11.4 Å². The summed E-state index contributed by atoms with van der Waals surface area (Å²) in [5.41, 5.74) is 1.50. The average Bonchev–Trinajstić information content (AvgIpc) is 3.43. The second-order valence-corrected chi connectivity index (χ2v) is 9.17. The third kappa shape index (κ3) is 5.21. The Morgan fingerprint density at radius 1 is 1.38 bits per heavy atom. The Labute approximate surface area is 190 Å². The first-order valence-electron chi connectivity index (χ1n) is 10.7. The predicted molar refractivity (Wildman–Crippen MR) is 119 cm³/mol. The van der Waals surface area contributed by atoms with Gasteiger partial charge in [-0.2, -0.15) is 5.26 Å². The molecule has 3 heterocycles. The molecule has 0 aromatic carbocycles. The van der Waals surface area contributed by atoms with Gasteiger partial charge in [-0.25, -0.2) is 4.79 Å². The van der Waals surface area contributed by atoms with Crippen LogP contribution < -0.4 is 5.32 Å². The van der Waals surface area contributed by atoms with Gasteiger partial charge in [0.2, 0.25) is 5.91 Å². The number of piperidine rings is 1. The molecule has 1 fully saturated rings. The van der Waals surface area contributed by atoms with E-state index in [0.29, 0.717) is 61.7 Å². The summed E-state index contributed by atoms with van der Waals surface area (Å²) in [5, 5.41) is 22.6. The summed E-state index contributed by atoms with van der Waals surface area (Å²) in [6.07, 6.45) is 7.21. The quantitative estimate of drug-likeness (QED) is 0.666. The van der Waals surface area contributed by atoms with E-state index in [9.17, 15) is 20.0 Å². The Bertz CT molecular complexity index is 1030. The Morgan fingerprint density at radius 3 is 2.91 bits per heavy atom. The number of nitriles is 1. The number of hydrogen-bond donors (Lipinski definition) is 2. The summed E-state index contributed by atoms with van der Waals surface area (Å²) in [6.45, 7) is 1.36. The number of aliphatic hydroxyl groups excluding tert-OH is 1. The Kier molecular flexibility index (Phi) is 6.93. The van der Waals surface area contributed by atoms with E-state index in [-0.39, 0.29) is 24.0 Å². The molecule has 1 saturated heterocycles. The lowest BCUT2D eigenvalue weighted by Crippen LogP contribution is -2.41. The molecule has 2 aliphatic rings. The van der Waals surface area contributed by atoms with E-state index in [4.69, 9.17) is 9.15 Å². The maximum Gasteiger partial charge on any atom is 0.409 e. The van der Waals surface area contributed by atoms with Crippen LogP contribution in [-0.4, -0.2) is 47.8 Å². The molecule has 168 valence electrons. The highest BCUT2D eigenvalue weighted by atomic mass is 32.1. The smallest absolute Gasteiger partial charge is 0.409 e. The number of carbonyl (C=O) groups excluding carboxylic acids is 2. The first-order valence-corrected chi connectivity index (χ1v) is 11.5. The maximum atomic E-state index is 12.3. The lowest BCUT2D eigenvalue weighted by atomic mass is 9.88. The van der Waals surface area contributed by atoms with Crippen molar-refractivity contribution >= 4 is 34.4 Å². The lowest BCUT2D eigenvalue weighted by Gasteiger charge is -2.30. The SMILES string of the molecule is N#Cc1c(NC(=O)/C=C/c2ccco2)sc2c1CCC(COC(=O)N1CCC(O)CC1)C2. The van der Waals surface area contributed by atoms with Gasteiger partial charge in [0.25, 0.3) is 0 Å². The van der Waals surface area contributed by atoms with Crippen LogP contribution in [0, 0.1) is 17.2 Å². The highest BCUT2D eigenvalue weighted by Crippen LogP contribution is 2.39. The van der Waals surface area contributed by atoms with Gasteiger partial charge in [0.1, 0.15) is 16.8 Å². The zero-order valence-electron chi connectivity index (χ0n) is 17.6. The van der Waals surface area contributed by atoms with Gasteiger partial charge in [-0.3, -0.25) is 4.79 Å². The summed E-state index contributed by atoms with van der Waals surface area (Å²) in [5.74, 6) is 0.423. The first kappa shape index (κ1) is 22.1. The molecule has 0 radical (unpaired) electrons. The molecule has 0 saturated carbocycles. The van der Waals surface area contributed by atoms with Crippen LogP contribution in [0.2, 0.25) is 0 Å². The molecule has 1 aliphatic carbocycles. The van der Waals surface area contributed by atoms with Gasteiger partial charge in [0.05, 0.1) is 24.5 Å². The standard InChI is InChI=1S/C23H25N3O5S/c24-13-19-18-5-3-15(14-31-23(29)26-9-7-16(27)8-10-26)12-20(18)32-22(19)25-21(28)6-4-17-2-1-11-30-17/h1-2,4,6,11,15-16,27H,3,5,7-10,12,14H2,(H,25,28)/b6-4+. The van der Waals surface area contributed by atoms with Crippen LogP contribution in [0.15, 0.2) is 28.9 Å². The van der Waals surface area contributed by atoms with Gasteiger partial charge < -0.3 is 24.5 Å². The largest absolute Gasteiger partial charge is 0.465 e. The number of likely N-dealkylation sites (tertiary alicyclic amines) is 1. The van der Waals surface area contributed by atoms with Gasteiger partial charge in [-0.1, -0.05) is 0 Å². The van der Waals surface area contributed by atoms with Crippen molar-refractivity contribution in [1.82, 2.24) is 4.90 Å². The van der Waals surface area contributed by atoms with Crippen molar-refractivity contribution in [1.29, 1.82) is 5.26 Å². The fourth-order valence-corrected chi connectivity index (χ4v) is 5.34. The highest BCUT2D eigenvalue weighted by molar-refractivity contribution is 7.16. The Morgan fingerprint density at radius 2 is 2.19 bits per heavy atom. The molecule has 32 heavy (non-hydrogen) atoms. The van der Waals surface area contributed by atoms with Gasteiger partial charge >= 0.3 is 6.09 Å². The minimum atomic E-state index is -0.334. The van der Waals surface area contributed by atoms with Crippen molar-refractivity contribution in [3.8, 4) is 6.07 Å². The molecule has 1 atom stereocenters. The van der Waals surface area contributed by atoms with Crippen LogP contribution in [-0.2, 0) is 22.4 Å². The molecule has 1 unspecified atom stereocenters. The van der Waals surface area contributed by atoms with Crippen LogP contribution in [0.4, 0.5) is 9.80 Å². The van der Waals surface area contributed by atoms with Crippen LogP contribution in [0.1, 0.15) is 41.0 Å². The molecule has 2 aromatic heterocycles. The van der Waals surface area contributed by atoms with Gasteiger partial charge in [-0.05, 0) is 61.8 Å². The van der Waals surface area contributed by atoms with Crippen molar-refractivity contribution in [3.05, 3.63) is 46.2 Å². The number of nitrogens with zero attached hydrogens (tertiary/aromatic N) is 2. The van der Waals surface area contributed by atoms with Crippen molar-refractivity contribution in [2.24, 2.45) is 5.92 Å². The van der Waals surface area contributed by atoms with Crippen molar-refractivity contribution in [3.63, 3.8) is 0 Å². The van der Waals surface area contributed by atoms with E-state index >= 15 is 0 Å². The first-order chi connectivity index (χ1) is 15.5. The summed E-state index contributed by atoms with van der Waals surface area (Å²) in [4.78, 5) is 27.3. The molecule has 2 N–H and O–H groups in total. The number of aliphatic hydroxyl groups is 1. The molecule has 0 spiro atoms. The number of thiophene rings is 1. The van der Waals surface area contributed by atoms with Crippen LogP contribution in [0.3, 0.4) is 0 Å². The molecular formula is C23H25N3O5S. The number of amides is 2. The summed E-state index contributed by atoms with van der Waals surface area (Å²) < 4.78 is 10.7. The van der Waals surface area contributed by atoms with E-state index in [0.717, 1.165) is 16.9 Å². The molecule has 2 amide bonds. The fourth-order valence-electron chi connectivity index (χ4n) is 4.03. The average molecular weight is 456 g/mol. The van der Waals surface area contributed by atoms with Gasteiger partial charge in [0, 0.05) is 24.0 Å². The van der Waals surface area contributed by atoms with Gasteiger partial charge in [-0.15, -0.1) is 11.3 Å². The Hall–Kier alpha value is -3.09. The van der Waals surface area contributed by atoms with Crippen molar-refractivity contribution < 1.29 is 23.8 Å². The van der Waals surface area contributed by atoms with Crippen LogP contribution in [0.25, 0.3) is 6.08 Å². The lowest BCUT2D eigenvalue weighted by molar-refractivity contribution is -0.111. The summed E-state index contributed by atoms with van der Waals surface area (Å²) >= 11 is 1.41. The number of fused-ring (bicyclic) bond motifs is 1. The summed E-state index contributed by atoms with van der Waals surface area (Å²) in [6, 6.07) is 5.72. The Balaban J connectivity index is 1.34. The minimum absolute atomic E-state index is 0.175. The minimum Gasteiger partial charge on any atom is -0.465 e. The predicted octanol–water partition coefficient (Wildman–Crippen LogP) is 3.56. The number of rotatable bonds is 5. The monoisotopic (exact) mass is 455 g/mol. The van der Waals surface area contributed by atoms with Crippen molar-refractivity contribution in [2.75, 3.05) is 25.0 Å². The maximum absolute atomic E-state index is 12.3. The van der Waals surface area contributed by atoms with Crippen LogP contribution in [0.5, 0.6) is 0 Å². The zero-order chi connectivity index (χ0) is 22.5. The molecule has 1 aliphatic heterocycles. The second-order valence-electron chi connectivity index (χ2n) is 8.06. The zero-order valence-corrected chi connectivity index (χ0v) is 18.4. The van der Waals surface area contributed by atoms with E-state index in [1.165, 1.54) is 23.7 Å². The highest BCUT2D eigenvalue weighted by Gasteiger charge is 2.28. The van der Waals surface area contributed by atoms with E-state index in [1.54, 1.807) is 23.1 Å². The number of furan rings is 1. The molecule has 0 bridgehead atoms. The number of carbonyl (C=O) groups is 2.